The zero-order chi connectivity index (χ0) is 25.8. The molecule has 0 spiro atoms. The zero-order valence-corrected chi connectivity index (χ0v) is 19.5. The van der Waals surface area contributed by atoms with E-state index >= 15 is 0 Å². The van der Waals surface area contributed by atoms with Gasteiger partial charge in [-0.25, -0.2) is 0 Å². The average Bonchev–Trinajstić information content (AvgIpc) is 2.87. The van der Waals surface area contributed by atoms with Gasteiger partial charge in [0.15, 0.2) is 6.29 Å². The summed E-state index contributed by atoms with van der Waals surface area (Å²) in [6.07, 6.45) is -3.40. The first-order valence-electron chi connectivity index (χ1n) is 11.4. The van der Waals surface area contributed by atoms with E-state index in [4.69, 9.17) is 35.8 Å². The van der Waals surface area contributed by atoms with E-state index in [1.807, 2.05) is 0 Å². The van der Waals surface area contributed by atoms with E-state index in [1.165, 1.54) is 0 Å². The van der Waals surface area contributed by atoms with Crippen LogP contribution >= 0.6 is 0 Å². The summed E-state index contributed by atoms with van der Waals surface area (Å²) in [6.45, 7) is -0.215. The van der Waals surface area contributed by atoms with E-state index in [1.54, 1.807) is 36.4 Å². The van der Waals surface area contributed by atoms with E-state index in [0.717, 1.165) is 0 Å². The molecular formula is C23H35BN2O9. The molecule has 2 aromatic carbocycles. The summed E-state index contributed by atoms with van der Waals surface area (Å²) < 4.78 is 16.8. The fraction of sp³-hybridized carbons (Fsp3) is 0.478. The highest BCUT2D eigenvalue weighted by Crippen LogP contribution is 2.34. The van der Waals surface area contributed by atoms with Crippen LogP contribution in [0.15, 0.2) is 36.4 Å². The SMILES string of the molecule is NCC(O)c1cccc(OCCCO)c1B(O)OC(O)c1c(OCCCO)cccc1C(O)CN. The van der Waals surface area contributed by atoms with Gasteiger partial charge in [0.25, 0.3) is 0 Å². The molecule has 0 saturated carbocycles. The van der Waals surface area contributed by atoms with Gasteiger partial charge < -0.3 is 56.2 Å². The number of aliphatic hydroxyl groups excluding tert-OH is 5. The van der Waals surface area contributed by atoms with Gasteiger partial charge in [-0.2, -0.15) is 0 Å². The molecule has 194 valence electrons. The summed E-state index contributed by atoms with van der Waals surface area (Å²) in [6, 6.07) is 9.40. The second-order valence-electron chi connectivity index (χ2n) is 7.71. The first kappa shape index (κ1) is 29.0. The topological polar surface area (TPSA) is 201 Å². The molecule has 3 unspecified atom stereocenters. The number of benzene rings is 2. The Hall–Kier alpha value is -2.26. The molecule has 0 aliphatic carbocycles. The van der Waals surface area contributed by atoms with Crippen LogP contribution in [0.3, 0.4) is 0 Å². The molecule has 11 nitrogen and oxygen atoms in total. The number of rotatable bonds is 16. The van der Waals surface area contributed by atoms with Crippen LogP contribution in [0.2, 0.25) is 0 Å². The lowest BCUT2D eigenvalue weighted by molar-refractivity contribution is -0.0356. The molecule has 0 aliphatic rings. The molecule has 0 bridgehead atoms. The molecule has 0 aromatic heterocycles. The largest absolute Gasteiger partial charge is 0.497 e. The van der Waals surface area contributed by atoms with E-state index < -0.39 is 25.6 Å². The van der Waals surface area contributed by atoms with Gasteiger partial charge in [0.05, 0.1) is 31.0 Å². The number of nitrogens with two attached hydrogens (primary N) is 2. The normalized spacial score (nSPS) is 13.8. The zero-order valence-electron chi connectivity index (χ0n) is 19.5. The minimum atomic E-state index is -1.78. The molecule has 0 aliphatic heterocycles. The summed E-state index contributed by atoms with van der Waals surface area (Å²) in [4.78, 5) is 0. The number of ether oxygens (including phenoxy) is 2. The lowest BCUT2D eigenvalue weighted by atomic mass is 9.74. The highest BCUT2D eigenvalue weighted by Gasteiger charge is 2.32. The van der Waals surface area contributed by atoms with E-state index in [0.29, 0.717) is 12.8 Å². The third kappa shape index (κ3) is 7.87. The van der Waals surface area contributed by atoms with Crippen molar-refractivity contribution in [3.8, 4) is 11.5 Å². The summed E-state index contributed by atoms with van der Waals surface area (Å²) in [7, 11) is -1.78. The molecule has 0 heterocycles. The summed E-state index contributed by atoms with van der Waals surface area (Å²) >= 11 is 0. The monoisotopic (exact) mass is 494 g/mol. The molecule has 12 heteroatoms. The fourth-order valence-corrected chi connectivity index (χ4v) is 3.49. The molecule has 0 amide bonds. The minimum Gasteiger partial charge on any atom is -0.494 e. The summed E-state index contributed by atoms with van der Waals surface area (Å²) in [5, 5.41) is 60.8. The van der Waals surface area contributed by atoms with Crippen molar-refractivity contribution in [3.05, 3.63) is 53.1 Å². The van der Waals surface area contributed by atoms with E-state index in [-0.39, 0.29) is 73.2 Å². The molecule has 3 atom stereocenters. The maximum atomic E-state index is 11.0. The van der Waals surface area contributed by atoms with Crippen molar-refractivity contribution in [2.24, 2.45) is 11.5 Å². The second-order valence-corrected chi connectivity index (χ2v) is 7.71. The number of hydrogen-bond acceptors (Lipinski definition) is 11. The first-order valence-corrected chi connectivity index (χ1v) is 11.4. The van der Waals surface area contributed by atoms with Crippen molar-refractivity contribution in [3.63, 3.8) is 0 Å². The molecule has 10 N–H and O–H groups in total. The predicted octanol–water partition coefficient (Wildman–Crippen LogP) is -1.41. The van der Waals surface area contributed by atoms with Crippen LogP contribution in [-0.2, 0) is 4.65 Å². The van der Waals surface area contributed by atoms with Gasteiger partial charge in [-0.1, -0.05) is 24.3 Å². The molecule has 2 rings (SSSR count). The fourth-order valence-electron chi connectivity index (χ4n) is 3.49. The van der Waals surface area contributed by atoms with Crippen molar-refractivity contribution in [1.29, 1.82) is 0 Å². The molecule has 2 aromatic rings. The van der Waals surface area contributed by atoms with Crippen molar-refractivity contribution in [2.75, 3.05) is 39.5 Å². The number of aliphatic hydroxyl groups is 5. The Morgan fingerprint density at radius 3 is 1.86 bits per heavy atom. The van der Waals surface area contributed by atoms with Gasteiger partial charge in [-0.15, -0.1) is 0 Å². The van der Waals surface area contributed by atoms with Crippen molar-refractivity contribution in [2.45, 2.75) is 31.3 Å². The van der Waals surface area contributed by atoms with Crippen molar-refractivity contribution in [1.82, 2.24) is 0 Å². The molecular weight excluding hydrogens is 459 g/mol. The first-order chi connectivity index (χ1) is 16.9. The Morgan fingerprint density at radius 2 is 1.29 bits per heavy atom. The van der Waals surface area contributed by atoms with Crippen LogP contribution in [-0.4, -0.2) is 77.2 Å². The van der Waals surface area contributed by atoms with Crippen LogP contribution in [0.5, 0.6) is 11.5 Å². The van der Waals surface area contributed by atoms with Crippen molar-refractivity contribution >= 4 is 12.6 Å². The van der Waals surface area contributed by atoms with Crippen LogP contribution in [0.1, 0.15) is 48.0 Å². The quantitative estimate of drug-likeness (QED) is 0.0774. The Morgan fingerprint density at radius 1 is 0.771 bits per heavy atom. The van der Waals surface area contributed by atoms with Gasteiger partial charge in [0.1, 0.15) is 11.5 Å². The van der Waals surface area contributed by atoms with Crippen LogP contribution in [0.25, 0.3) is 0 Å². The van der Waals surface area contributed by atoms with Gasteiger partial charge in [-0.3, -0.25) is 0 Å². The van der Waals surface area contributed by atoms with E-state index in [2.05, 4.69) is 0 Å². The van der Waals surface area contributed by atoms with Gasteiger partial charge >= 0.3 is 7.12 Å². The predicted molar refractivity (Wildman–Crippen MR) is 129 cm³/mol. The Labute approximate surface area is 204 Å². The van der Waals surface area contributed by atoms with Crippen LogP contribution < -0.4 is 26.4 Å². The Balaban J connectivity index is 2.43. The highest BCUT2D eigenvalue weighted by atomic mass is 16.6. The third-order valence-corrected chi connectivity index (χ3v) is 5.24. The maximum absolute atomic E-state index is 11.0. The van der Waals surface area contributed by atoms with Crippen molar-refractivity contribution < 1.29 is 44.7 Å². The minimum absolute atomic E-state index is 0.0574. The maximum Gasteiger partial charge on any atom is 0.497 e. The lowest BCUT2D eigenvalue weighted by Crippen LogP contribution is -2.40. The van der Waals surface area contributed by atoms with Gasteiger partial charge in [0.2, 0.25) is 0 Å². The van der Waals surface area contributed by atoms with E-state index in [9.17, 15) is 20.3 Å². The van der Waals surface area contributed by atoms with Crippen LogP contribution in [0.4, 0.5) is 0 Å². The smallest absolute Gasteiger partial charge is 0.494 e. The molecule has 0 saturated heterocycles. The number of hydrogen-bond donors (Lipinski definition) is 8. The standard InChI is InChI=1S/C23H35BN2O9/c25-13-17(29)15-5-1-7-19(33-11-3-9-27)21(15)23(31)35-24(32)22-16(18(30)14-26)6-2-8-20(22)34-12-4-10-28/h1-2,5-8,17-18,23,27-32H,3-4,9-14,25-26H2. The molecule has 0 radical (unpaired) electrons. The Bertz CT molecular complexity index is 834. The third-order valence-electron chi connectivity index (χ3n) is 5.24. The lowest BCUT2D eigenvalue weighted by Gasteiger charge is -2.25. The summed E-state index contributed by atoms with van der Waals surface area (Å²) in [5.41, 5.74) is 11.8. The summed E-state index contributed by atoms with van der Waals surface area (Å²) in [5.74, 6) is 0.357. The Kier molecular flexibility index (Phi) is 12.4. The van der Waals surface area contributed by atoms with Gasteiger partial charge in [0, 0.05) is 44.6 Å². The highest BCUT2D eigenvalue weighted by molar-refractivity contribution is 6.61. The molecule has 0 fully saturated rings. The van der Waals surface area contributed by atoms with Gasteiger partial charge in [-0.05, 0) is 23.3 Å². The second kappa shape index (κ2) is 15.0. The molecule has 35 heavy (non-hydrogen) atoms. The average molecular weight is 494 g/mol. The van der Waals surface area contributed by atoms with Crippen LogP contribution in [0, 0.1) is 0 Å².